The summed E-state index contributed by atoms with van der Waals surface area (Å²) in [6, 6.07) is 10.4. The van der Waals surface area contributed by atoms with Crippen LogP contribution in [0.15, 0.2) is 36.4 Å². The molecule has 136 valence electrons. The van der Waals surface area contributed by atoms with E-state index in [1.807, 2.05) is 0 Å². The van der Waals surface area contributed by atoms with Crippen LogP contribution >= 0.6 is 0 Å². The Morgan fingerprint density at radius 2 is 2.00 bits per heavy atom. The zero-order valence-corrected chi connectivity index (χ0v) is 14.8. The van der Waals surface area contributed by atoms with Gasteiger partial charge in [0.2, 0.25) is 5.91 Å². The average Bonchev–Trinajstić information content (AvgIpc) is 2.63. The quantitative estimate of drug-likeness (QED) is 0.860. The summed E-state index contributed by atoms with van der Waals surface area (Å²) in [5.74, 6) is 1.39. The second-order valence-electron chi connectivity index (χ2n) is 5.86. The highest BCUT2D eigenvalue weighted by Gasteiger charge is 2.23. The number of anilines is 2. The first-order valence-corrected chi connectivity index (χ1v) is 8.12. The molecule has 26 heavy (non-hydrogen) atoms. The topological polar surface area (TPSA) is 85.9 Å². The predicted molar refractivity (Wildman–Crippen MR) is 97.0 cm³/mol. The summed E-state index contributed by atoms with van der Waals surface area (Å²) in [6.45, 7) is 1.68. The molecule has 0 bridgehead atoms. The summed E-state index contributed by atoms with van der Waals surface area (Å²) in [4.78, 5) is 24.1. The molecular formula is C19H20N2O5. The second kappa shape index (κ2) is 7.35. The van der Waals surface area contributed by atoms with E-state index in [9.17, 15) is 9.59 Å². The van der Waals surface area contributed by atoms with Crippen molar-refractivity contribution < 1.29 is 23.8 Å². The minimum atomic E-state index is -0.537. The van der Waals surface area contributed by atoms with Gasteiger partial charge in [-0.05, 0) is 31.2 Å². The van der Waals surface area contributed by atoms with E-state index in [2.05, 4.69) is 10.6 Å². The fraction of sp³-hybridized carbons (Fsp3) is 0.263. The van der Waals surface area contributed by atoms with Gasteiger partial charge in [0.1, 0.15) is 17.2 Å². The van der Waals surface area contributed by atoms with Crippen molar-refractivity contribution in [2.75, 3.05) is 24.9 Å². The van der Waals surface area contributed by atoms with Gasteiger partial charge >= 0.3 is 0 Å². The number of hydrogen-bond donors (Lipinski definition) is 2. The van der Waals surface area contributed by atoms with E-state index in [0.29, 0.717) is 28.6 Å². The zero-order valence-electron chi connectivity index (χ0n) is 14.8. The third-order valence-electron chi connectivity index (χ3n) is 4.04. The molecule has 2 aromatic carbocycles. The van der Waals surface area contributed by atoms with Gasteiger partial charge in [0, 0.05) is 17.3 Å². The van der Waals surface area contributed by atoms with E-state index < -0.39 is 6.10 Å². The summed E-state index contributed by atoms with van der Waals surface area (Å²) in [7, 11) is 3.11. The van der Waals surface area contributed by atoms with E-state index in [1.54, 1.807) is 57.5 Å². The Morgan fingerprint density at radius 1 is 1.19 bits per heavy atom. The molecule has 0 fully saturated rings. The molecule has 0 aliphatic carbocycles. The van der Waals surface area contributed by atoms with E-state index in [4.69, 9.17) is 14.2 Å². The van der Waals surface area contributed by atoms with Crippen molar-refractivity contribution in [3.63, 3.8) is 0 Å². The maximum atomic E-state index is 12.4. The molecular weight excluding hydrogens is 336 g/mol. The number of carbonyl (C=O) groups excluding carboxylic acids is 2. The number of hydrogen-bond acceptors (Lipinski definition) is 5. The Hall–Kier alpha value is -3.22. The maximum absolute atomic E-state index is 12.4. The first-order chi connectivity index (χ1) is 12.5. The standard InChI is InChI=1S/C19H20N2O5/c1-11-19(23)21-15-9-13(5-7-16(15)26-11)20-18(22)8-12-4-6-14(24-2)10-17(12)25-3/h4-7,9-11H,8H2,1-3H3,(H,20,22)(H,21,23)/t11-/m1/s1. The summed E-state index contributed by atoms with van der Waals surface area (Å²) in [5.41, 5.74) is 1.85. The molecule has 1 aliphatic rings. The van der Waals surface area contributed by atoms with Crippen molar-refractivity contribution in [2.24, 2.45) is 0 Å². The van der Waals surface area contributed by atoms with Gasteiger partial charge in [-0.25, -0.2) is 0 Å². The van der Waals surface area contributed by atoms with Crippen LogP contribution in [0, 0.1) is 0 Å². The number of methoxy groups -OCH3 is 2. The van der Waals surface area contributed by atoms with Crippen molar-refractivity contribution >= 4 is 23.2 Å². The molecule has 0 saturated heterocycles. The fourth-order valence-corrected chi connectivity index (χ4v) is 2.66. The Balaban J connectivity index is 1.71. The van der Waals surface area contributed by atoms with Crippen LogP contribution in [-0.2, 0) is 16.0 Å². The van der Waals surface area contributed by atoms with Gasteiger partial charge in [-0.3, -0.25) is 9.59 Å². The first-order valence-electron chi connectivity index (χ1n) is 8.12. The number of nitrogens with one attached hydrogen (secondary N) is 2. The van der Waals surface area contributed by atoms with Crippen LogP contribution in [0.3, 0.4) is 0 Å². The molecule has 2 amide bonds. The summed E-state index contributed by atoms with van der Waals surface area (Å²) in [5, 5.41) is 5.57. The van der Waals surface area contributed by atoms with Crippen molar-refractivity contribution in [2.45, 2.75) is 19.4 Å². The van der Waals surface area contributed by atoms with E-state index in [-0.39, 0.29) is 18.2 Å². The summed E-state index contributed by atoms with van der Waals surface area (Å²) >= 11 is 0. The van der Waals surface area contributed by atoms with Gasteiger partial charge in [0.05, 0.1) is 26.3 Å². The van der Waals surface area contributed by atoms with Crippen LogP contribution in [0.5, 0.6) is 17.2 Å². The molecule has 0 radical (unpaired) electrons. The lowest BCUT2D eigenvalue weighted by Crippen LogP contribution is -2.34. The van der Waals surface area contributed by atoms with Crippen LogP contribution in [0.25, 0.3) is 0 Å². The number of carbonyl (C=O) groups is 2. The van der Waals surface area contributed by atoms with Gasteiger partial charge in [-0.15, -0.1) is 0 Å². The normalized spacial score (nSPS) is 15.3. The maximum Gasteiger partial charge on any atom is 0.265 e. The van der Waals surface area contributed by atoms with Crippen molar-refractivity contribution in [1.82, 2.24) is 0 Å². The van der Waals surface area contributed by atoms with Gasteiger partial charge in [-0.1, -0.05) is 6.07 Å². The highest BCUT2D eigenvalue weighted by Crippen LogP contribution is 2.32. The van der Waals surface area contributed by atoms with Crippen molar-refractivity contribution in [1.29, 1.82) is 0 Å². The molecule has 1 heterocycles. The Kier molecular flexibility index (Phi) is 4.97. The summed E-state index contributed by atoms with van der Waals surface area (Å²) in [6.07, 6.45) is -0.394. The van der Waals surface area contributed by atoms with Crippen LogP contribution in [-0.4, -0.2) is 32.1 Å². The molecule has 0 saturated carbocycles. The average molecular weight is 356 g/mol. The molecule has 7 heteroatoms. The van der Waals surface area contributed by atoms with E-state index in [0.717, 1.165) is 5.56 Å². The van der Waals surface area contributed by atoms with E-state index in [1.165, 1.54) is 0 Å². The van der Waals surface area contributed by atoms with Gasteiger partial charge in [0.15, 0.2) is 6.10 Å². The molecule has 1 atom stereocenters. The highest BCUT2D eigenvalue weighted by molar-refractivity contribution is 5.99. The molecule has 2 aromatic rings. The van der Waals surface area contributed by atoms with Gasteiger partial charge in [0.25, 0.3) is 5.91 Å². The molecule has 2 N–H and O–H groups in total. The van der Waals surface area contributed by atoms with Gasteiger partial charge in [-0.2, -0.15) is 0 Å². The monoisotopic (exact) mass is 356 g/mol. The van der Waals surface area contributed by atoms with Crippen molar-refractivity contribution in [3.05, 3.63) is 42.0 Å². The molecule has 0 unspecified atom stereocenters. The van der Waals surface area contributed by atoms with Crippen molar-refractivity contribution in [3.8, 4) is 17.2 Å². The van der Waals surface area contributed by atoms with Crippen LogP contribution < -0.4 is 24.8 Å². The molecule has 0 spiro atoms. The number of ether oxygens (including phenoxy) is 3. The van der Waals surface area contributed by atoms with Gasteiger partial charge < -0.3 is 24.8 Å². The Labute approximate surface area is 151 Å². The lowest BCUT2D eigenvalue weighted by molar-refractivity contribution is -0.122. The first kappa shape index (κ1) is 17.6. The SMILES string of the molecule is COc1ccc(CC(=O)Nc2ccc3c(c2)NC(=O)[C@@H](C)O3)c(OC)c1. The molecule has 0 aromatic heterocycles. The van der Waals surface area contributed by atoms with E-state index >= 15 is 0 Å². The third-order valence-corrected chi connectivity index (χ3v) is 4.04. The molecule has 3 rings (SSSR count). The number of amides is 2. The van der Waals surface area contributed by atoms with Crippen LogP contribution in [0.4, 0.5) is 11.4 Å². The summed E-state index contributed by atoms with van der Waals surface area (Å²) < 4.78 is 16.0. The van der Waals surface area contributed by atoms with Crippen LogP contribution in [0.1, 0.15) is 12.5 Å². The largest absolute Gasteiger partial charge is 0.497 e. The third kappa shape index (κ3) is 3.72. The molecule has 7 nitrogen and oxygen atoms in total. The second-order valence-corrected chi connectivity index (χ2v) is 5.86. The number of rotatable bonds is 5. The smallest absolute Gasteiger partial charge is 0.265 e. The van der Waals surface area contributed by atoms with Crippen LogP contribution in [0.2, 0.25) is 0 Å². The number of fused-ring (bicyclic) bond motifs is 1. The minimum Gasteiger partial charge on any atom is -0.497 e. The highest BCUT2D eigenvalue weighted by atomic mass is 16.5. The lowest BCUT2D eigenvalue weighted by atomic mass is 10.1. The Morgan fingerprint density at radius 3 is 2.73 bits per heavy atom. The number of benzene rings is 2. The lowest BCUT2D eigenvalue weighted by Gasteiger charge is -2.23. The fourth-order valence-electron chi connectivity index (χ4n) is 2.66. The Bertz CT molecular complexity index is 850. The predicted octanol–water partition coefficient (Wildman–Crippen LogP) is 2.60. The minimum absolute atomic E-state index is 0.143. The zero-order chi connectivity index (χ0) is 18.7. The molecule has 1 aliphatic heterocycles.